The summed E-state index contributed by atoms with van der Waals surface area (Å²) in [6.07, 6.45) is 1.56. The molecule has 1 fully saturated rings. The summed E-state index contributed by atoms with van der Waals surface area (Å²) in [4.78, 5) is 12.3. The van der Waals surface area contributed by atoms with Gasteiger partial charge in [-0.15, -0.1) is 0 Å². The first kappa shape index (κ1) is 18.4. The number of phenols is 2. The highest BCUT2D eigenvalue weighted by atomic mass is 16.6. The maximum Gasteiger partial charge on any atom is 0.334 e. The van der Waals surface area contributed by atoms with Gasteiger partial charge in [-0.05, 0) is 41.5 Å². The highest BCUT2D eigenvalue weighted by Gasteiger charge is 2.30. The van der Waals surface area contributed by atoms with Crippen molar-refractivity contribution in [1.82, 2.24) is 0 Å². The van der Waals surface area contributed by atoms with Gasteiger partial charge in [-0.2, -0.15) is 0 Å². The van der Waals surface area contributed by atoms with Crippen LogP contribution in [-0.2, 0) is 9.53 Å². The molecule has 1 heterocycles. The highest BCUT2D eigenvalue weighted by molar-refractivity contribution is 5.96. The maximum atomic E-state index is 12.3. The minimum absolute atomic E-state index is 0.0182. The molecule has 0 amide bonds. The van der Waals surface area contributed by atoms with Crippen LogP contribution in [-0.4, -0.2) is 37.5 Å². The van der Waals surface area contributed by atoms with Crippen molar-refractivity contribution in [1.29, 1.82) is 0 Å². The summed E-state index contributed by atoms with van der Waals surface area (Å²) < 4.78 is 20.8. The standard InChI is InChI=1S/C20H20O7/c1-24-16-9-12(4-5-14(16)21)15-10-13(20(23)27-15)6-11-7-17(25-2)19(22)18(8-11)26-3/h4-9,15,21-22H,10H2,1-3H3/t15-/m1/s1. The van der Waals surface area contributed by atoms with Gasteiger partial charge < -0.3 is 29.2 Å². The Morgan fingerprint density at radius 1 is 1.00 bits per heavy atom. The van der Waals surface area contributed by atoms with E-state index in [1.54, 1.807) is 30.3 Å². The number of carbonyl (C=O) groups is 1. The van der Waals surface area contributed by atoms with Gasteiger partial charge in [0.05, 0.1) is 21.3 Å². The Labute approximate surface area is 156 Å². The molecule has 0 aromatic heterocycles. The zero-order chi connectivity index (χ0) is 19.6. The summed E-state index contributed by atoms with van der Waals surface area (Å²) in [5.74, 6) is 0.279. The minimum atomic E-state index is -0.473. The molecular formula is C20H20O7. The van der Waals surface area contributed by atoms with Crippen molar-refractivity contribution in [3.05, 3.63) is 47.0 Å². The predicted octanol–water partition coefficient (Wildman–Crippen LogP) is 3.20. The quantitative estimate of drug-likeness (QED) is 0.615. The minimum Gasteiger partial charge on any atom is -0.504 e. The number of carbonyl (C=O) groups excluding carboxylic acids is 1. The van der Waals surface area contributed by atoms with Crippen LogP contribution in [0, 0.1) is 0 Å². The van der Waals surface area contributed by atoms with E-state index in [1.165, 1.54) is 27.4 Å². The molecule has 0 radical (unpaired) electrons. The third kappa shape index (κ3) is 3.62. The number of hydrogen-bond donors (Lipinski definition) is 2. The molecule has 1 atom stereocenters. The third-order valence-corrected chi connectivity index (χ3v) is 4.34. The molecule has 2 aromatic carbocycles. The van der Waals surface area contributed by atoms with Crippen molar-refractivity contribution < 1.29 is 34.0 Å². The molecule has 1 aliphatic rings. The van der Waals surface area contributed by atoms with Crippen LogP contribution in [0.25, 0.3) is 6.08 Å². The van der Waals surface area contributed by atoms with E-state index in [-0.39, 0.29) is 23.0 Å². The summed E-state index contributed by atoms with van der Waals surface area (Å²) in [7, 11) is 4.32. The van der Waals surface area contributed by atoms with Crippen molar-refractivity contribution >= 4 is 12.0 Å². The molecule has 1 aliphatic heterocycles. The molecule has 0 saturated carbocycles. The monoisotopic (exact) mass is 372 g/mol. The fraction of sp³-hybridized carbons (Fsp3) is 0.250. The second-order valence-corrected chi connectivity index (χ2v) is 5.97. The van der Waals surface area contributed by atoms with Crippen LogP contribution in [0.1, 0.15) is 23.7 Å². The average molecular weight is 372 g/mol. The van der Waals surface area contributed by atoms with Crippen molar-refractivity contribution in [2.45, 2.75) is 12.5 Å². The van der Waals surface area contributed by atoms with E-state index < -0.39 is 12.1 Å². The number of hydrogen-bond acceptors (Lipinski definition) is 7. The number of phenolic OH excluding ortho intramolecular Hbond substituents is 2. The van der Waals surface area contributed by atoms with Gasteiger partial charge in [0, 0.05) is 12.0 Å². The first-order valence-electron chi connectivity index (χ1n) is 8.20. The zero-order valence-corrected chi connectivity index (χ0v) is 15.2. The van der Waals surface area contributed by atoms with Gasteiger partial charge in [-0.25, -0.2) is 4.79 Å². The normalized spacial score (nSPS) is 17.7. The van der Waals surface area contributed by atoms with Gasteiger partial charge in [0.1, 0.15) is 6.10 Å². The lowest BCUT2D eigenvalue weighted by molar-refractivity contribution is -0.139. The predicted molar refractivity (Wildman–Crippen MR) is 97.3 cm³/mol. The van der Waals surface area contributed by atoms with E-state index in [0.717, 1.165) is 5.56 Å². The summed E-state index contributed by atoms with van der Waals surface area (Å²) in [6, 6.07) is 8.04. The largest absolute Gasteiger partial charge is 0.504 e. The zero-order valence-electron chi connectivity index (χ0n) is 15.2. The molecule has 0 aliphatic carbocycles. The molecule has 0 unspecified atom stereocenters. The second-order valence-electron chi connectivity index (χ2n) is 5.97. The van der Waals surface area contributed by atoms with Crippen LogP contribution in [0.2, 0.25) is 0 Å². The smallest absolute Gasteiger partial charge is 0.334 e. The molecule has 27 heavy (non-hydrogen) atoms. The number of rotatable bonds is 5. The van der Waals surface area contributed by atoms with E-state index >= 15 is 0 Å². The van der Waals surface area contributed by atoms with E-state index in [9.17, 15) is 15.0 Å². The number of ether oxygens (including phenoxy) is 4. The number of cyclic esters (lactones) is 1. The van der Waals surface area contributed by atoms with Crippen LogP contribution in [0.3, 0.4) is 0 Å². The fourth-order valence-electron chi connectivity index (χ4n) is 2.93. The Morgan fingerprint density at radius 2 is 1.63 bits per heavy atom. The molecular weight excluding hydrogens is 352 g/mol. The van der Waals surface area contributed by atoms with Gasteiger partial charge in [-0.1, -0.05) is 6.07 Å². The Balaban J connectivity index is 1.90. The maximum absolute atomic E-state index is 12.3. The van der Waals surface area contributed by atoms with Crippen LogP contribution in [0.4, 0.5) is 0 Å². The topological polar surface area (TPSA) is 94.5 Å². The molecule has 7 nitrogen and oxygen atoms in total. The summed E-state index contributed by atoms with van der Waals surface area (Å²) >= 11 is 0. The van der Waals surface area contributed by atoms with Crippen molar-refractivity contribution in [2.75, 3.05) is 21.3 Å². The lowest BCUT2D eigenvalue weighted by Gasteiger charge is -2.11. The van der Waals surface area contributed by atoms with E-state index in [0.29, 0.717) is 23.3 Å². The van der Waals surface area contributed by atoms with Gasteiger partial charge in [0.15, 0.2) is 23.0 Å². The second kappa shape index (κ2) is 7.49. The fourth-order valence-corrected chi connectivity index (χ4v) is 2.93. The van der Waals surface area contributed by atoms with E-state index in [1.807, 2.05) is 0 Å². The lowest BCUT2D eigenvalue weighted by atomic mass is 10.0. The van der Waals surface area contributed by atoms with E-state index in [2.05, 4.69) is 0 Å². The number of methoxy groups -OCH3 is 3. The first-order chi connectivity index (χ1) is 13.0. The number of aromatic hydroxyl groups is 2. The molecule has 0 bridgehead atoms. The SMILES string of the molecule is COc1cc([C@H]2CC(=Cc3cc(OC)c(O)c(OC)c3)C(=O)O2)ccc1O. The van der Waals surface area contributed by atoms with Crippen LogP contribution >= 0.6 is 0 Å². The Kier molecular flexibility index (Phi) is 5.12. The Morgan fingerprint density at radius 3 is 2.22 bits per heavy atom. The molecule has 3 rings (SSSR count). The first-order valence-corrected chi connectivity index (χ1v) is 8.20. The number of benzene rings is 2. The van der Waals surface area contributed by atoms with Crippen LogP contribution < -0.4 is 14.2 Å². The summed E-state index contributed by atoms with van der Waals surface area (Å²) in [5, 5.41) is 19.7. The van der Waals surface area contributed by atoms with Crippen molar-refractivity contribution in [2.24, 2.45) is 0 Å². The molecule has 2 aromatic rings. The van der Waals surface area contributed by atoms with Crippen molar-refractivity contribution in [3.63, 3.8) is 0 Å². The molecule has 142 valence electrons. The summed E-state index contributed by atoms with van der Waals surface area (Å²) in [6.45, 7) is 0. The van der Waals surface area contributed by atoms with Gasteiger partial charge in [-0.3, -0.25) is 0 Å². The van der Waals surface area contributed by atoms with Gasteiger partial charge in [0.25, 0.3) is 0 Å². The Hall–Kier alpha value is -3.35. The molecule has 7 heteroatoms. The Bertz CT molecular complexity index is 876. The van der Waals surface area contributed by atoms with Crippen LogP contribution in [0.15, 0.2) is 35.9 Å². The molecule has 1 saturated heterocycles. The molecule has 0 spiro atoms. The van der Waals surface area contributed by atoms with E-state index in [4.69, 9.17) is 18.9 Å². The lowest BCUT2D eigenvalue weighted by Crippen LogP contribution is -1.99. The highest BCUT2D eigenvalue weighted by Crippen LogP contribution is 2.40. The molecule has 2 N–H and O–H groups in total. The third-order valence-electron chi connectivity index (χ3n) is 4.34. The van der Waals surface area contributed by atoms with Crippen molar-refractivity contribution in [3.8, 4) is 28.7 Å². The summed E-state index contributed by atoms with van der Waals surface area (Å²) in [5.41, 5.74) is 1.83. The average Bonchev–Trinajstić information content (AvgIpc) is 3.03. The van der Waals surface area contributed by atoms with Crippen LogP contribution in [0.5, 0.6) is 28.7 Å². The van der Waals surface area contributed by atoms with Gasteiger partial charge in [0.2, 0.25) is 5.75 Å². The number of esters is 1. The van der Waals surface area contributed by atoms with Gasteiger partial charge >= 0.3 is 5.97 Å².